The topological polar surface area (TPSA) is 69.0 Å². The molecule has 2 heterocycles. The highest BCUT2D eigenvalue weighted by molar-refractivity contribution is 9.10. The minimum atomic E-state index is -0.176. The van der Waals surface area contributed by atoms with E-state index >= 15 is 0 Å². The molecular formula is C11H15BrN4O. The number of aryl methyl sites for hydroxylation is 1. The van der Waals surface area contributed by atoms with Crippen LogP contribution in [0.2, 0.25) is 0 Å². The van der Waals surface area contributed by atoms with E-state index in [9.17, 15) is 0 Å². The summed E-state index contributed by atoms with van der Waals surface area (Å²) in [5.41, 5.74) is 3.71. The molecule has 2 aromatic rings. The second kappa shape index (κ2) is 5.48. The van der Waals surface area contributed by atoms with Gasteiger partial charge in [-0.15, -0.1) is 0 Å². The molecule has 0 aromatic carbocycles. The van der Waals surface area contributed by atoms with Crippen LogP contribution in [0.15, 0.2) is 33.8 Å². The van der Waals surface area contributed by atoms with Crippen LogP contribution < -0.4 is 11.3 Å². The summed E-state index contributed by atoms with van der Waals surface area (Å²) in [5, 5.41) is 0. The highest BCUT2D eigenvalue weighted by Gasteiger charge is 2.21. The Kier molecular flexibility index (Phi) is 3.98. The van der Waals surface area contributed by atoms with E-state index in [1.807, 2.05) is 12.3 Å². The zero-order valence-electron chi connectivity index (χ0n) is 9.56. The van der Waals surface area contributed by atoms with Crippen LogP contribution in [0.4, 0.5) is 0 Å². The zero-order valence-corrected chi connectivity index (χ0v) is 11.1. The highest BCUT2D eigenvalue weighted by Crippen LogP contribution is 2.28. The molecule has 0 amide bonds. The second-order valence-electron chi connectivity index (χ2n) is 3.73. The third-order valence-corrected chi connectivity index (χ3v) is 3.24. The van der Waals surface area contributed by atoms with Gasteiger partial charge in [-0.2, -0.15) is 0 Å². The van der Waals surface area contributed by atoms with Crippen LogP contribution in [-0.4, -0.2) is 9.55 Å². The molecule has 0 aliphatic rings. The number of nitrogens with two attached hydrogens (primary N) is 1. The van der Waals surface area contributed by atoms with E-state index in [0.29, 0.717) is 4.67 Å². The first-order valence-electron chi connectivity index (χ1n) is 5.48. The van der Waals surface area contributed by atoms with Crippen LogP contribution in [0, 0.1) is 0 Å². The van der Waals surface area contributed by atoms with Gasteiger partial charge in [-0.3, -0.25) is 5.84 Å². The summed E-state index contributed by atoms with van der Waals surface area (Å²) in [6, 6.07) is 1.70. The van der Waals surface area contributed by atoms with Crippen molar-refractivity contribution in [1.29, 1.82) is 0 Å². The molecule has 0 saturated carbocycles. The Labute approximate surface area is 108 Å². The minimum Gasteiger partial charge on any atom is -0.457 e. The molecule has 1 atom stereocenters. The molecule has 5 nitrogen and oxygen atoms in total. The summed E-state index contributed by atoms with van der Waals surface area (Å²) >= 11 is 3.36. The molecule has 1 unspecified atom stereocenters. The second-order valence-corrected chi connectivity index (χ2v) is 4.45. The average Bonchev–Trinajstić information content (AvgIpc) is 2.92. The van der Waals surface area contributed by atoms with Gasteiger partial charge in [-0.1, -0.05) is 6.92 Å². The molecule has 0 bridgehead atoms. The fraction of sp³-hybridized carbons (Fsp3) is 0.364. The van der Waals surface area contributed by atoms with Crippen LogP contribution in [0.1, 0.15) is 30.8 Å². The minimum absolute atomic E-state index is 0.176. The molecule has 0 spiro atoms. The number of imidazole rings is 1. The van der Waals surface area contributed by atoms with Gasteiger partial charge in [0.15, 0.2) is 4.67 Å². The van der Waals surface area contributed by atoms with Gasteiger partial charge >= 0.3 is 0 Å². The van der Waals surface area contributed by atoms with Gasteiger partial charge < -0.3 is 8.98 Å². The molecule has 92 valence electrons. The largest absolute Gasteiger partial charge is 0.457 e. The number of furan rings is 1. The first-order chi connectivity index (χ1) is 8.27. The average molecular weight is 299 g/mol. The molecule has 6 heteroatoms. The van der Waals surface area contributed by atoms with Crippen molar-refractivity contribution in [2.45, 2.75) is 25.9 Å². The maximum atomic E-state index is 5.62. The summed E-state index contributed by atoms with van der Waals surface area (Å²) in [4.78, 5) is 4.36. The number of hydrogen-bond donors (Lipinski definition) is 2. The number of nitrogens with zero attached hydrogens (tertiary/aromatic N) is 2. The van der Waals surface area contributed by atoms with Crippen molar-refractivity contribution >= 4 is 15.9 Å². The molecule has 0 aliphatic carbocycles. The third kappa shape index (κ3) is 2.43. The summed E-state index contributed by atoms with van der Waals surface area (Å²) in [5.74, 6) is 6.51. The standard InChI is InChI=1S/C11H15BrN4O/c1-2-5-16-6-4-14-11(16)9(15-13)8-3-7-17-10(8)12/h3-4,6-7,9,15H,2,5,13H2,1H3. The van der Waals surface area contributed by atoms with E-state index in [1.165, 1.54) is 0 Å². The first-order valence-corrected chi connectivity index (χ1v) is 6.27. The van der Waals surface area contributed by atoms with Crippen LogP contribution in [0.5, 0.6) is 0 Å². The van der Waals surface area contributed by atoms with Crippen LogP contribution in [-0.2, 0) is 6.54 Å². The van der Waals surface area contributed by atoms with Crippen LogP contribution in [0.3, 0.4) is 0 Å². The molecule has 0 fully saturated rings. The highest BCUT2D eigenvalue weighted by atomic mass is 79.9. The van der Waals surface area contributed by atoms with Gasteiger partial charge in [0.2, 0.25) is 0 Å². The Morgan fingerprint density at radius 1 is 1.65 bits per heavy atom. The Bertz CT molecular complexity index is 479. The van der Waals surface area contributed by atoms with Gasteiger partial charge in [0.25, 0.3) is 0 Å². The van der Waals surface area contributed by atoms with Crippen LogP contribution >= 0.6 is 15.9 Å². The number of aromatic nitrogens is 2. The van der Waals surface area contributed by atoms with Gasteiger partial charge in [-0.25, -0.2) is 10.4 Å². The van der Waals surface area contributed by atoms with Crippen molar-refractivity contribution in [2.24, 2.45) is 5.84 Å². The summed E-state index contributed by atoms with van der Waals surface area (Å²) in [6.07, 6.45) is 6.41. The fourth-order valence-corrected chi connectivity index (χ4v) is 2.29. The maximum Gasteiger partial charge on any atom is 0.174 e. The monoisotopic (exact) mass is 298 g/mol. The lowest BCUT2D eigenvalue weighted by Gasteiger charge is -2.16. The van der Waals surface area contributed by atoms with Gasteiger partial charge in [0.1, 0.15) is 11.9 Å². The Morgan fingerprint density at radius 3 is 3.06 bits per heavy atom. The molecular weight excluding hydrogens is 284 g/mol. The predicted molar refractivity (Wildman–Crippen MR) is 68.1 cm³/mol. The van der Waals surface area contributed by atoms with Crippen molar-refractivity contribution in [3.63, 3.8) is 0 Å². The Hall–Kier alpha value is -1.11. The maximum absolute atomic E-state index is 5.62. The number of hydrazine groups is 1. The van der Waals surface area contributed by atoms with Crippen molar-refractivity contribution < 1.29 is 4.42 Å². The Morgan fingerprint density at radius 2 is 2.47 bits per heavy atom. The fourth-order valence-electron chi connectivity index (χ4n) is 1.82. The number of hydrogen-bond acceptors (Lipinski definition) is 4. The van der Waals surface area contributed by atoms with Crippen molar-refractivity contribution in [3.8, 4) is 0 Å². The molecule has 0 aliphatic heterocycles. The smallest absolute Gasteiger partial charge is 0.174 e. The van der Waals surface area contributed by atoms with E-state index in [-0.39, 0.29) is 6.04 Å². The third-order valence-electron chi connectivity index (χ3n) is 2.59. The van der Waals surface area contributed by atoms with E-state index in [2.05, 4.69) is 37.8 Å². The molecule has 0 radical (unpaired) electrons. The zero-order chi connectivity index (χ0) is 12.3. The van der Waals surface area contributed by atoms with E-state index in [4.69, 9.17) is 10.3 Å². The van der Waals surface area contributed by atoms with Gasteiger partial charge in [-0.05, 0) is 28.4 Å². The Balaban J connectivity index is 2.35. The van der Waals surface area contributed by atoms with Crippen LogP contribution in [0.25, 0.3) is 0 Å². The van der Waals surface area contributed by atoms with Crippen molar-refractivity contribution in [2.75, 3.05) is 0 Å². The summed E-state index contributed by atoms with van der Waals surface area (Å²) in [6.45, 7) is 3.05. The predicted octanol–water partition coefficient (Wildman–Crippen LogP) is 2.20. The van der Waals surface area contributed by atoms with E-state index in [0.717, 1.165) is 24.4 Å². The normalized spacial score (nSPS) is 12.9. The number of nitrogens with one attached hydrogen (secondary N) is 1. The lowest BCUT2D eigenvalue weighted by Crippen LogP contribution is -2.31. The SMILES string of the molecule is CCCn1ccnc1C(NN)c1ccoc1Br. The van der Waals surface area contributed by atoms with E-state index < -0.39 is 0 Å². The van der Waals surface area contributed by atoms with Crippen molar-refractivity contribution in [1.82, 2.24) is 15.0 Å². The molecule has 2 rings (SSSR count). The quantitative estimate of drug-likeness (QED) is 0.656. The first kappa shape index (κ1) is 12.3. The molecule has 17 heavy (non-hydrogen) atoms. The number of halogens is 1. The lowest BCUT2D eigenvalue weighted by atomic mass is 10.1. The summed E-state index contributed by atoms with van der Waals surface area (Å²) in [7, 11) is 0. The molecule has 3 N–H and O–H groups in total. The summed E-state index contributed by atoms with van der Waals surface area (Å²) < 4.78 is 7.99. The lowest BCUT2D eigenvalue weighted by molar-refractivity contribution is 0.510. The van der Waals surface area contributed by atoms with Crippen molar-refractivity contribution in [3.05, 3.63) is 40.8 Å². The van der Waals surface area contributed by atoms with Gasteiger partial charge in [0, 0.05) is 24.5 Å². The van der Waals surface area contributed by atoms with Gasteiger partial charge in [0.05, 0.1) is 6.26 Å². The number of rotatable bonds is 5. The molecule has 0 saturated heterocycles. The van der Waals surface area contributed by atoms with E-state index in [1.54, 1.807) is 12.5 Å². The molecule has 2 aromatic heterocycles.